The van der Waals surface area contributed by atoms with E-state index in [9.17, 15) is 4.79 Å². The number of carbonyl (C=O) groups excluding carboxylic acids is 1. The van der Waals surface area contributed by atoms with E-state index in [1.165, 1.54) is 5.56 Å². The number of rotatable bonds is 6. The monoisotopic (exact) mass is 343 g/mol. The number of ether oxygens (including phenoxy) is 1. The van der Waals surface area contributed by atoms with Crippen LogP contribution >= 0.6 is 11.8 Å². The minimum Gasteiger partial charge on any atom is -0.471 e. The highest BCUT2D eigenvalue weighted by molar-refractivity contribution is 7.99. The number of hydrogen-bond acceptors (Lipinski definition) is 5. The van der Waals surface area contributed by atoms with Crippen LogP contribution in [0.2, 0.25) is 0 Å². The number of carbonyl (C=O) groups is 1. The van der Waals surface area contributed by atoms with Gasteiger partial charge < -0.3 is 9.64 Å². The van der Waals surface area contributed by atoms with E-state index in [4.69, 9.17) is 4.74 Å². The summed E-state index contributed by atoms with van der Waals surface area (Å²) in [6, 6.07) is 13.9. The largest absolute Gasteiger partial charge is 0.471 e. The second-order valence-corrected chi connectivity index (χ2v) is 6.85. The summed E-state index contributed by atoms with van der Waals surface area (Å²) in [5.41, 5.74) is 2.11. The first-order valence-corrected chi connectivity index (χ1v) is 9.22. The van der Waals surface area contributed by atoms with Crippen LogP contribution in [0.25, 0.3) is 0 Å². The van der Waals surface area contributed by atoms with E-state index in [-0.39, 0.29) is 12.0 Å². The molecule has 5 nitrogen and oxygen atoms in total. The van der Waals surface area contributed by atoms with Gasteiger partial charge in [0.05, 0.1) is 18.0 Å². The maximum absolute atomic E-state index is 12.3. The first kappa shape index (κ1) is 16.8. The maximum Gasteiger partial charge on any atom is 0.233 e. The number of hydrogen-bond donors (Lipinski definition) is 0. The Balaban J connectivity index is 1.41. The molecular formula is C18H21N3O2S. The molecule has 0 N–H and O–H groups in total. The topological polar surface area (TPSA) is 55.3 Å². The summed E-state index contributed by atoms with van der Waals surface area (Å²) in [6.45, 7) is 3.26. The molecule has 0 spiro atoms. The Kier molecular flexibility index (Phi) is 5.69. The molecule has 1 amide bonds. The third-order valence-electron chi connectivity index (χ3n) is 3.90. The Morgan fingerprint density at radius 2 is 2.08 bits per heavy atom. The lowest BCUT2D eigenvalue weighted by atomic mass is 10.2. The van der Waals surface area contributed by atoms with Gasteiger partial charge in [-0.3, -0.25) is 4.79 Å². The van der Waals surface area contributed by atoms with Gasteiger partial charge in [-0.25, -0.2) is 0 Å². The van der Waals surface area contributed by atoms with Crippen LogP contribution in [-0.4, -0.2) is 46.0 Å². The number of aryl methyl sites for hydroxylation is 1. The molecule has 1 aliphatic rings. The van der Waals surface area contributed by atoms with Crippen LogP contribution in [0, 0.1) is 6.92 Å². The average molecular weight is 343 g/mol. The van der Waals surface area contributed by atoms with E-state index in [1.54, 1.807) is 11.8 Å². The summed E-state index contributed by atoms with van der Waals surface area (Å²) in [6.07, 6.45) is 0.843. The van der Waals surface area contributed by atoms with Crippen molar-refractivity contribution in [3.05, 3.63) is 53.7 Å². The molecule has 1 unspecified atom stereocenters. The van der Waals surface area contributed by atoms with Crippen molar-refractivity contribution in [2.75, 3.05) is 18.8 Å². The molecule has 126 valence electrons. The fourth-order valence-corrected chi connectivity index (χ4v) is 3.48. The number of amides is 1. The highest BCUT2D eigenvalue weighted by Gasteiger charge is 2.27. The van der Waals surface area contributed by atoms with Crippen LogP contribution in [0.4, 0.5) is 0 Å². The van der Waals surface area contributed by atoms with E-state index in [2.05, 4.69) is 22.3 Å². The lowest BCUT2D eigenvalue weighted by Gasteiger charge is -2.16. The molecule has 24 heavy (non-hydrogen) atoms. The molecule has 0 bridgehead atoms. The Morgan fingerprint density at radius 1 is 1.25 bits per heavy atom. The van der Waals surface area contributed by atoms with Crippen LogP contribution in [-0.2, 0) is 10.5 Å². The van der Waals surface area contributed by atoms with Gasteiger partial charge in [-0.05, 0) is 18.6 Å². The molecule has 1 aromatic carbocycles. The lowest BCUT2D eigenvalue weighted by molar-refractivity contribution is -0.127. The summed E-state index contributed by atoms with van der Waals surface area (Å²) >= 11 is 1.65. The quantitative estimate of drug-likeness (QED) is 0.807. The molecule has 1 fully saturated rings. The van der Waals surface area contributed by atoms with Crippen LogP contribution < -0.4 is 4.74 Å². The zero-order valence-electron chi connectivity index (χ0n) is 13.7. The van der Waals surface area contributed by atoms with Crippen molar-refractivity contribution in [1.82, 2.24) is 15.1 Å². The van der Waals surface area contributed by atoms with Crippen molar-refractivity contribution < 1.29 is 9.53 Å². The first-order chi connectivity index (χ1) is 11.7. The average Bonchev–Trinajstić information content (AvgIpc) is 3.06. The number of thioether (sulfide) groups is 1. The van der Waals surface area contributed by atoms with Crippen molar-refractivity contribution in [2.45, 2.75) is 25.2 Å². The number of likely N-dealkylation sites (tertiary alicyclic amines) is 1. The van der Waals surface area contributed by atoms with Crippen LogP contribution in [0.1, 0.15) is 17.7 Å². The predicted molar refractivity (Wildman–Crippen MR) is 95.0 cm³/mol. The molecule has 1 saturated heterocycles. The molecule has 2 heterocycles. The number of nitrogens with zero attached hydrogens (tertiary/aromatic N) is 3. The molecule has 1 aromatic heterocycles. The van der Waals surface area contributed by atoms with Crippen LogP contribution in [0.3, 0.4) is 0 Å². The minimum absolute atomic E-state index is 0.00470. The van der Waals surface area contributed by atoms with Gasteiger partial charge in [-0.15, -0.1) is 16.9 Å². The van der Waals surface area contributed by atoms with Gasteiger partial charge in [0, 0.05) is 24.8 Å². The fraction of sp³-hybridized carbons (Fsp3) is 0.389. The predicted octanol–water partition coefficient (Wildman–Crippen LogP) is 2.70. The third-order valence-corrected chi connectivity index (χ3v) is 4.88. The number of aromatic nitrogens is 2. The van der Waals surface area contributed by atoms with Gasteiger partial charge in [0.1, 0.15) is 6.10 Å². The Labute approximate surface area is 146 Å². The van der Waals surface area contributed by atoms with Crippen molar-refractivity contribution >= 4 is 17.7 Å². The molecule has 1 aliphatic heterocycles. The summed E-state index contributed by atoms with van der Waals surface area (Å²) in [5, 5.41) is 8.00. The van der Waals surface area contributed by atoms with Gasteiger partial charge in [-0.2, -0.15) is 5.10 Å². The zero-order chi connectivity index (χ0) is 16.8. The highest BCUT2D eigenvalue weighted by Crippen LogP contribution is 2.18. The van der Waals surface area contributed by atoms with E-state index in [0.29, 0.717) is 18.2 Å². The highest BCUT2D eigenvalue weighted by atomic mass is 32.2. The normalized spacial score (nSPS) is 17.0. The van der Waals surface area contributed by atoms with Crippen molar-refractivity contribution in [3.63, 3.8) is 0 Å². The van der Waals surface area contributed by atoms with Crippen LogP contribution in [0.15, 0.2) is 42.5 Å². The lowest BCUT2D eigenvalue weighted by Crippen LogP contribution is -2.32. The molecular weight excluding hydrogens is 322 g/mol. The molecule has 1 atom stereocenters. The molecule has 0 saturated carbocycles. The summed E-state index contributed by atoms with van der Waals surface area (Å²) < 4.78 is 5.81. The van der Waals surface area contributed by atoms with Crippen molar-refractivity contribution in [2.24, 2.45) is 0 Å². The first-order valence-electron chi connectivity index (χ1n) is 8.07. The van der Waals surface area contributed by atoms with Gasteiger partial charge in [0.2, 0.25) is 11.8 Å². The molecule has 0 radical (unpaired) electrons. The Hall–Kier alpha value is -2.08. The maximum atomic E-state index is 12.3. The fourth-order valence-electron chi connectivity index (χ4n) is 2.59. The standard InChI is InChI=1S/C18H21N3O2S/c1-14-7-8-17(20-19-14)23-16-9-10-21(11-16)18(22)13-24-12-15-5-3-2-4-6-15/h2-8,16H,9-13H2,1H3. The minimum atomic E-state index is 0.00470. The molecule has 6 heteroatoms. The number of benzene rings is 1. The molecule has 2 aromatic rings. The Morgan fingerprint density at radius 3 is 2.83 bits per heavy atom. The van der Waals surface area contributed by atoms with Crippen molar-refractivity contribution in [1.29, 1.82) is 0 Å². The van der Waals surface area contributed by atoms with Crippen molar-refractivity contribution in [3.8, 4) is 5.88 Å². The zero-order valence-corrected chi connectivity index (χ0v) is 14.5. The summed E-state index contributed by atoms with van der Waals surface area (Å²) in [7, 11) is 0. The molecule has 0 aliphatic carbocycles. The third kappa shape index (κ3) is 4.71. The van der Waals surface area contributed by atoms with E-state index in [1.807, 2.05) is 42.2 Å². The second-order valence-electron chi connectivity index (χ2n) is 5.86. The van der Waals surface area contributed by atoms with Gasteiger partial charge in [-0.1, -0.05) is 30.3 Å². The summed E-state index contributed by atoms with van der Waals surface area (Å²) in [5.74, 6) is 2.07. The SMILES string of the molecule is Cc1ccc(OC2CCN(C(=O)CSCc3ccccc3)C2)nn1. The van der Waals surface area contributed by atoms with E-state index >= 15 is 0 Å². The second kappa shape index (κ2) is 8.15. The van der Waals surface area contributed by atoms with Gasteiger partial charge in [0.15, 0.2) is 0 Å². The van der Waals surface area contributed by atoms with Gasteiger partial charge in [0.25, 0.3) is 0 Å². The van der Waals surface area contributed by atoms with E-state index < -0.39 is 0 Å². The molecule has 3 rings (SSSR count). The van der Waals surface area contributed by atoms with Gasteiger partial charge >= 0.3 is 0 Å². The summed E-state index contributed by atoms with van der Waals surface area (Å²) in [4.78, 5) is 14.2. The van der Waals surface area contributed by atoms with Crippen LogP contribution in [0.5, 0.6) is 5.88 Å². The smallest absolute Gasteiger partial charge is 0.233 e. The van der Waals surface area contributed by atoms with E-state index in [0.717, 1.165) is 24.4 Å². The Bertz CT molecular complexity index is 664.